The molecule has 0 saturated carbocycles. The molecule has 0 bridgehead atoms. The van der Waals surface area contributed by atoms with Crippen molar-refractivity contribution >= 4 is 21.9 Å². The molecular weight excluding hydrogens is 382 g/mol. The third-order valence-corrected chi connectivity index (χ3v) is 5.32. The van der Waals surface area contributed by atoms with E-state index in [1.807, 2.05) is 33.0 Å². The molecule has 0 amide bonds. The Kier molecular flexibility index (Phi) is 5.02. The predicted molar refractivity (Wildman–Crippen MR) is 101 cm³/mol. The summed E-state index contributed by atoms with van der Waals surface area (Å²) in [5.41, 5.74) is 2.72. The normalized spacial score (nSPS) is 20.7. The predicted octanol–water partition coefficient (Wildman–Crippen LogP) is 4.14. The quantitative estimate of drug-likeness (QED) is 0.752. The summed E-state index contributed by atoms with van der Waals surface area (Å²) in [5, 5.41) is 3.26. The van der Waals surface area contributed by atoms with Gasteiger partial charge in [-0.1, -0.05) is 22.0 Å². The highest BCUT2D eigenvalue weighted by atomic mass is 79.9. The van der Waals surface area contributed by atoms with Crippen molar-refractivity contribution in [2.75, 3.05) is 6.54 Å². The second-order valence-electron chi connectivity index (χ2n) is 7.57. The molecule has 1 aliphatic heterocycles. The van der Waals surface area contributed by atoms with Crippen LogP contribution in [0, 0.1) is 12.3 Å². The van der Waals surface area contributed by atoms with E-state index < -0.39 is 5.41 Å². The number of hydrogen-bond donors (Lipinski definition) is 2. The molecule has 2 aromatic rings. The van der Waals surface area contributed by atoms with Gasteiger partial charge in [0.1, 0.15) is 5.82 Å². The number of nitrogens with one attached hydrogen (secondary N) is 2. The molecule has 25 heavy (non-hydrogen) atoms. The van der Waals surface area contributed by atoms with Crippen molar-refractivity contribution in [3.05, 3.63) is 40.3 Å². The van der Waals surface area contributed by atoms with Gasteiger partial charge in [-0.05, 0) is 63.9 Å². The van der Waals surface area contributed by atoms with E-state index in [0.29, 0.717) is 0 Å². The van der Waals surface area contributed by atoms with Gasteiger partial charge in [0.25, 0.3) is 0 Å². The average molecular weight is 406 g/mol. The molecule has 6 heteroatoms. The molecule has 1 unspecified atom stereocenters. The first-order chi connectivity index (χ1) is 11.8. The van der Waals surface area contributed by atoms with E-state index in [-0.39, 0.29) is 18.1 Å². The van der Waals surface area contributed by atoms with Crippen molar-refractivity contribution in [3.63, 3.8) is 0 Å². The summed E-state index contributed by atoms with van der Waals surface area (Å²) in [6.45, 7) is 8.45. The first kappa shape index (κ1) is 18.1. The van der Waals surface area contributed by atoms with Crippen LogP contribution in [0.2, 0.25) is 0 Å². The van der Waals surface area contributed by atoms with Crippen LogP contribution in [-0.4, -0.2) is 28.7 Å². The zero-order chi connectivity index (χ0) is 18.2. The van der Waals surface area contributed by atoms with Gasteiger partial charge in [-0.15, -0.1) is 0 Å². The number of benzene rings is 1. The lowest BCUT2D eigenvalue weighted by Crippen LogP contribution is -2.36. The fourth-order valence-corrected chi connectivity index (χ4v) is 3.10. The summed E-state index contributed by atoms with van der Waals surface area (Å²) in [4.78, 5) is 20.1. The van der Waals surface area contributed by atoms with Crippen LogP contribution in [0.4, 0.5) is 0 Å². The standard InChI is InChI=1S/C19H24BrN3O2/c1-11-9-12(5-6-14(11)20)15-10-22-16(23-15)13-7-8-21-17(13)25-18(24)19(2,3)4/h5-6,9-10,13,17,21H,7-8H2,1-4H3,(H,22,23)/t13-,17?/m0/s1. The van der Waals surface area contributed by atoms with Gasteiger partial charge in [0.05, 0.1) is 23.2 Å². The first-order valence-corrected chi connectivity index (χ1v) is 9.31. The molecule has 134 valence electrons. The lowest BCUT2D eigenvalue weighted by Gasteiger charge is -2.23. The number of nitrogens with zero attached hydrogens (tertiary/aromatic N) is 1. The van der Waals surface area contributed by atoms with E-state index >= 15 is 0 Å². The summed E-state index contributed by atoms with van der Waals surface area (Å²) in [6, 6.07) is 6.21. The highest BCUT2D eigenvalue weighted by Crippen LogP contribution is 2.31. The monoisotopic (exact) mass is 405 g/mol. The summed E-state index contributed by atoms with van der Waals surface area (Å²) < 4.78 is 6.76. The Hall–Kier alpha value is -1.66. The summed E-state index contributed by atoms with van der Waals surface area (Å²) in [6.07, 6.45) is 2.39. The molecule has 0 radical (unpaired) electrons. The van der Waals surface area contributed by atoms with E-state index in [2.05, 4.69) is 50.3 Å². The van der Waals surface area contributed by atoms with Gasteiger partial charge in [-0.25, -0.2) is 4.98 Å². The molecule has 1 saturated heterocycles. The van der Waals surface area contributed by atoms with Gasteiger partial charge in [-0.3, -0.25) is 10.1 Å². The molecule has 1 aliphatic rings. The van der Waals surface area contributed by atoms with Crippen molar-refractivity contribution < 1.29 is 9.53 Å². The Morgan fingerprint density at radius 1 is 1.36 bits per heavy atom. The molecule has 1 fully saturated rings. The molecular formula is C19H24BrN3O2. The Balaban J connectivity index is 1.79. The largest absolute Gasteiger partial charge is 0.445 e. The number of carbonyl (C=O) groups is 1. The lowest BCUT2D eigenvalue weighted by atomic mass is 9.97. The van der Waals surface area contributed by atoms with Crippen LogP contribution in [0.25, 0.3) is 11.3 Å². The van der Waals surface area contributed by atoms with Gasteiger partial charge < -0.3 is 9.72 Å². The lowest BCUT2D eigenvalue weighted by molar-refractivity contribution is -0.160. The maximum atomic E-state index is 12.2. The zero-order valence-corrected chi connectivity index (χ0v) is 16.6. The van der Waals surface area contributed by atoms with Crippen molar-refractivity contribution in [1.82, 2.24) is 15.3 Å². The van der Waals surface area contributed by atoms with E-state index in [0.717, 1.165) is 34.5 Å². The van der Waals surface area contributed by atoms with Crippen LogP contribution >= 0.6 is 15.9 Å². The number of esters is 1. The second-order valence-corrected chi connectivity index (χ2v) is 8.43. The summed E-state index contributed by atoms with van der Waals surface area (Å²) in [5.74, 6) is 0.691. The number of ether oxygens (including phenoxy) is 1. The molecule has 3 rings (SSSR count). The third-order valence-electron chi connectivity index (χ3n) is 4.43. The number of imidazole rings is 1. The van der Waals surface area contributed by atoms with Crippen LogP contribution in [0.1, 0.15) is 44.5 Å². The minimum Gasteiger partial charge on any atom is -0.445 e. The molecule has 0 aliphatic carbocycles. The van der Waals surface area contributed by atoms with E-state index in [4.69, 9.17) is 4.74 Å². The van der Waals surface area contributed by atoms with Gasteiger partial charge in [0, 0.05) is 4.47 Å². The van der Waals surface area contributed by atoms with Crippen molar-refractivity contribution in [1.29, 1.82) is 0 Å². The molecule has 0 spiro atoms. The Morgan fingerprint density at radius 2 is 2.12 bits per heavy atom. The average Bonchev–Trinajstić information content (AvgIpc) is 3.17. The van der Waals surface area contributed by atoms with Crippen LogP contribution in [0.5, 0.6) is 0 Å². The Labute approximate surface area is 156 Å². The number of carbonyl (C=O) groups excluding carboxylic acids is 1. The molecule has 2 N–H and O–H groups in total. The minimum absolute atomic E-state index is 0.0385. The van der Waals surface area contributed by atoms with Crippen LogP contribution in [-0.2, 0) is 9.53 Å². The highest BCUT2D eigenvalue weighted by Gasteiger charge is 2.36. The van der Waals surface area contributed by atoms with Gasteiger partial charge in [0.15, 0.2) is 6.23 Å². The van der Waals surface area contributed by atoms with Gasteiger partial charge in [-0.2, -0.15) is 0 Å². The smallest absolute Gasteiger partial charge is 0.312 e. The first-order valence-electron chi connectivity index (χ1n) is 8.51. The third kappa shape index (κ3) is 3.96. The molecule has 2 atom stereocenters. The van der Waals surface area contributed by atoms with Crippen molar-refractivity contribution in [3.8, 4) is 11.3 Å². The fourth-order valence-electron chi connectivity index (χ4n) is 2.85. The number of hydrogen-bond acceptors (Lipinski definition) is 4. The van der Waals surface area contributed by atoms with E-state index in [1.54, 1.807) is 0 Å². The summed E-state index contributed by atoms with van der Waals surface area (Å²) >= 11 is 3.53. The topological polar surface area (TPSA) is 67.0 Å². The van der Waals surface area contributed by atoms with Crippen LogP contribution in [0.3, 0.4) is 0 Å². The minimum atomic E-state index is -0.516. The van der Waals surface area contributed by atoms with Gasteiger partial charge >= 0.3 is 5.97 Å². The van der Waals surface area contributed by atoms with Crippen LogP contribution in [0.15, 0.2) is 28.9 Å². The second kappa shape index (κ2) is 6.92. The zero-order valence-electron chi connectivity index (χ0n) is 15.0. The molecule has 1 aromatic carbocycles. The molecule has 2 heterocycles. The van der Waals surface area contributed by atoms with E-state index in [9.17, 15) is 4.79 Å². The number of aryl methyl sites for hydroxylation is 1. The molecule has 5 nitrogen and oxygen atoms in total. The number of aromatic nitrogens is 2. The molecule has 1 aromatic heterocycles. The van der Waals surface area contributed by atoms with E-state index in [1.165, 1.54) is 5.56 Å². The number of H-pyrrole nitrogens is 1. The maximum absolute atomic E-state index is 12.2. The van der Waals surface area contributed by atoms with Crippen LogP contribution < -0.4 is 5.32 Å². The SMILES string of the molecule is Cc1cc(-c2cnc([C@@H]3CCNC3OC(=O)C(C)(C)C)[nH]2)ccc1Br. The maximum Gasteiger partial charge on any atom is 0.312 e. The van der Waals surface area contributed by atoms with Gasteiger partial charge in [0.2, 0.25) is 0 Å². The summed E-state index contributed by atoms with van der Waals surface area (Å²) in [7, 11) is 0. The highest BCUT2D eigenvalue weighted by molar-refractivity contribution is 9.10. The fraction of sp³-hybridized carbons (Fsp3) is 0.474. The number of halogens is 1. The van der Waals surface area contributed by atoms with Crippen molar-refractivity contribution in [2.24, 2.45) is 5.41 Å². The number of aromatic amines is 1. The Bertz CT molecular complexity index is 779. The van der Waals surface area contributed by atoms with Crippen molar-refractivity contribution in [2.45, 2.75) is 46.3 Å². The Morgan fingerprint density at radius 3 is 2.80 bits per heavy atom. The number of rotatable bonds is 3.